The molecule has 1 amide bonds. The number of amides is 1. The maximum atomic E-state index is 12.3. The molecule has 23 heavy (non-hydrogen) atoms. The number of aromatic nitrogens is 2. The molecule has 1 heterocycles. The molecule has 114 valence electrons. The zero-order valence-corrected chi connectivity index (χ0v) is 13.6. The zero-order chi connectivity index (χ0) is 16.1. The van der Waals surface area contributed by atoms with Crippen LogP contribution in [0.3, 0.4) is 0 Å². The van der Waals surface area contributed by atoms with Gasteiger partial charge in [-0.1, -0.05) is 40.2 Å². The van der Waals surface area contributed by atoms with Gasteiger partial charge >= 0.3 is 0 Å². The Morgan fingerprint density at radius 1 is 0.957 bits per heavy atom. The Kier molecular flexibility index (Phi) is 4.63. The largest absolute Gasteiger partial charge is 0.324 e. The van der Waals surface area contributed by atoms with Crippen molar-refractivity contribution in [3.05, 3.63) is 77.0 Å². The van der Waals surface area contributed by atoms with Crippen LogP contribution < -0.4 is 10.6 Å². The lowest BCUT2D eigenvalue weighted by Gasteiger charge is -2.07. The second-order valence-electron chi connectivity index (χ2n) is 4.72. The van der Waals surface area contributed by atoms with Crippen LogP contribution in [0.2, 0.25) is 0 Å². The van der Waals surface area contributed by atoms with Crippen molar-refractivity contribution in [3.8, 4) is 0 Å². The number of hydrogen-bond acceptors (Lipinski definition) is 4. The van der Waals surface area contributed by atoms with E-state index in [0.717, 1.165) is 10.2 Å². The Morgan fingerprint density at radius 2 is 1.74 bits per heavy atom. The molecule has 0 saturated heterocycles. The van der Waals surface area contributed by atoms with Crippen LogP contribution in [0.25, 0.3) is 0 Å². The summed E-state index contributed by atoms with van der Waals surface area (Å²) in [5.74, 6) is 0.0831. The molecule has 0 aliphatic carbocycles. The summed E-state index contributed by atoms with van der Waals surface area (Å²) >= 11 is 3.37. The Balaban J connectivity index is 1.75. The first-order valence-electron chi connectivity index (χ1n) is 6.93. The van der Waals surface area contributed by atoms with E-state index in [0.29, 0.717) is 17.3 Å². The smallest absolute Gasteiger partial charge is 0.274 e. The van der Waals surface area contributed by atoms with Crippen LogP contribution in [0, 0.1) is 0 Å². The number of benzene rings is 2. The molecule has 0 spiro atoms. The number of rotatable bonds is 4. The Morgan fingerprint density at radius 3 is 2.52 bits per heavy atom. The summed E-state index contributed by atoms with van der Waals surface area (Å²) in [5, 5.41) is 5.87. The van der Waals surface area contributed by atoms with Gasteiger partial charge in [0.1, 0.15) is 5.69 Å². The molecule has 0 aliphatic heterocycles. The van der Waals surface area contributed by atoms with Gasteiger partial charge < -0.3 is 10.6 Å². The van der Waals surface area contributed by atoms with Gasteiger partial charge in [0.05, 0.1) is 0 Å². The molecule has 1 aromatic heterocycles. The highest BCUT2D eigenvalue weighted by atomic mass is 79.9. The quantitative estimate of drug-likeness (QED) is 0.722. The van der Waals surface area contributed by atoms with Gasteiger partial charge in [0.15, 0.2) is 0 Å². The molecule has 6 heteroatoms. The number of halogens is 1. The van der Waals surface area contributed by atoms with Crippen molar-refractivity contribution in [2.24, 2.45) is 0 Å². The minimum Gasteiger partial charge on any atom is -0.324 e. The van der Waals surface area contributed by atoms with E-state index in [9.17, 15) is 4.79 Å². The SMILES string of the molecule is O=C(Nc1cccc(Br)c1)c1ccnc(Nc2ccccc2)n1. The van der Waals surface area contributed by atoms with E-state index in [1.54, 1.807) is 12.3 Å². The fourth-order valence-electron chi connectivity index (χ4n) is 1.96. The Hall–Kier alpha value is -2.73. The van der Waals surface area contributed by atoms with Crippen LogP contribution in [-0.4, -0.2) is 15.9 Å². The summed E-state index contributed by atoms with van der Waals surface area (Å²) in [5.41, 5.74) is 1.84. The van der Waals surface area contributed by atoms with E-state index in [1.165, 1.54) is 0 Å². The molecule has 0 saturated carbocycles. The van der Waals surface area contributed by atoms with Gasteiger partial charge in [-0.25, -0.2) is 9.97 Å². The Bertz CT molecular complexity index is 824. The first kappa shape index (κ1) is 15.2. The molecule has 3 rings (SSSR count). The van der Waals surface area contributed by atoms with Crippen molar-refractivity contribution < 1.29 is 4.79 Å². The van der Waals surface area contributed by atoms with Crippen molar-refractivity contribution in [2.45, 2.75) is 0 Å². The lowest BCUT2D eigenvalue weighted by Crippen LogP contribution is -2.14. The van der Waals surface area contributed by atoms with Crippen LogP contribution in [0.5, 0.6) is 0 Å². The third-order valence-corrected chi connectivity index (χ3v) is 3.49. The summed E-state index contributed by atoms with van der Waals surface area (Å²) in [6.45, 7) is 0. The third kappa shape index (κ3) is 4.14. The first-order chi connectivity index (χ1) is 11.2. The van der Waals surface area contributed by atoms with E-state index in [-0.39, 0.29) is 5.91 Å². The molecule has 0 unspecified atom stereocenters. The summed E-state index contributed by atoms with van der Waals surface area (Å²) in [6, 6.07) is 18.5. The number of anilines is 3. The summed E-state index contributed by atoms with van der Waals surface area (Å²) in [6.07, 6.45) is 1.55. The second kappa shape index (κ2) is 7.02. The second-order valence-corrected chi connectivity index (χ2v) is 5.64. The predicted molar refractivity (Wildman–Crippen MR) is 93.9 cm³/mol. The molecule has 0 bridgehead atoms. The third-order valence-electron chi connectivity index (χ3n) is 3.00. The molecular formula is C17H13BrN4O. The van der Waals surface area contributed by atoms with E-state index in [4.69, 9.17) is 0 Å². The van der Waals surface area contributed by atoms with E-state index >= 15 is 0 Å². The van der Waals surface area contributed by atoms with Gasteiger partial charge in [-0.2, -0.15) is 0 Å². The molecule has 0 radical (unpaired) electrons. The van der Waals surface area contributed by atoms with Crippen molar-refractivity contribution in [1.29, 1.82) is 0 Å². The number of carbonyl (C=O) groups is 1. The topological polar surface area (TPSA) is 66.9 Å². The lowest BCUT2D eigenvalue weighted by molar-refractivity contribution is 0.102. The van der Waals surface area contributed by atoms with Crippen molar-refractivity contribution >= 4 is 39.2 Å². The summed E-state index contributed by atoms with van der Waals surface area (Å²) < 4.78 is 0.893. The van der Waals surface area contributed by atoms with Crippen molar-refractivity contribution in [2.75, 3.05) is 10.6 Å². The van der Waals surface area contributed by atoms with Gasteiger partial charge in [0.2, 0.25) is 5.95 Å². The average Bonchev–Trinajstić information content (AvgIpc) is 2.56. The number of para-hydroxylation sites is 1. The average molecular weight is 369 g/mol. The molecule has 3 aromatic rings. The molecule has 2 aromatic carbocycles. The normalized spacial score (nSPS) is 10.1. The van der Waals surface area contributed by atoms with Gasteiger partial charge in [0.25, 0.3) is 5.91 Å². The first-order valence-corrected chi connectivity index (χ1v) is 7.72. The Labute approximate surface area is 141 Å². The van der Waals surface area contributed by atoms with Gasteiger partial charge in [-0.15, -0.1) is 0 Å². The fourth-order valence-corrected chi connectivity index (χ4v) is 2.36. The number of hydrogen-bond donors (Lipinski definition) is 2. The van der Waals surface area contributed by atoms with Gasteiger partial charge in [-0.05, 0) is 36.4 Å². The molecule has 0 fully saturated rings. The van der Waals surface area contributed by atoms with Crippen LogP contribution >= 0.6 is 15.9 Å². The zero-order valence-electron chi connectivity index (χ0n) is 12.0. The van der Waals surface area contributed by atoms with Gasteiger partial charge in [-0.3, -0.25) is 4.79 Å². The molecule has 5 nitrogen and oxygen atoms in total. The van der Waals surface area contributed by atoms with Gasteiger partial charge in [0, 0.05) is 22.0 Å². The predicted octanol–water partition coefficient (Wildman–Crippen LogP) is 4.24. The lowest BCUT2D eigenvalue weighted by atomic mass is 10.3. The van der Waals surface area contributed by atoms with Crippen LogP contribution in [0.15, 0.2) is 71.3 Å². The maximum Gasteiger partial charge on any atom is 0.274 e. The highest BCUT2D eigenvalue weighted by molar-refractivity contribution is 9.10. The monoisotopic (exact) mass is 368 g/mol. The number of carbonyl (C=O) groups excluding carboxylic acids is 1. The summed E-state index contributed by atoms with van der Waals surface area (Å²) in [4.78, 5) is 20.7. The van der Waals surface area contributed by atoms with Crippen LogP contribution in [0.4, 0.5) is 17.3 Å². The molecule has 0 aliphatic rings. The number of nitrogens with zero attached hydrogens (tertiary/aromatic N) is 2. The highest BCUT2D eigenvalue weighted by Crippen LogP contribution is 2.17. The molecule has 2 N–H and O–H groups in total. The highest BCUT2D eigenvalue weighted by Gasteiger charge is 2.09. The molecular weight excluding hydrogens is 356 g/mol. The number of nitrogens with one attached hydrogen (secondary N) is 2. The van der Waals surface area contributed by atoms with Crippen molar-refractivity contribution in [1.82, 2.24) is 9.97 Å². The van der Waals surface area contributed by atoms with E-state index in [2.05, 4.69) is 36.5 Å². The standard InChI is InChI=1S/C17H13BrN4O/c18-12-5-4-8-14(11-12)20-16(23)15-9-10-19-17(22-15)21-13-6-2-1-3-7-13/h1-11H,(H,20,23)(H,19,21,22). The van der Waals surface area contributed by atoms with E-state index in [1.807, 2.05) is 54.6 Å². The maximum absolute atomic E-state index is 12.3. The van der Waals surface area contributed by atoms with Crippen molar-refractivity contribution in [3.63, 3.8) is 0 Å². The summed E-state index contributed by atoms with van der Waals surface area (Å²) in [7, 11) is 0. The fraction of sp³-hybridized carbons (Fsp3) is 0. The van der Waals surface area contributed by atoms with E-state index < -0.39 is 0 Å². The van der Waals surface area contributed by atoms with Crippen LogP contribution in [0.1, 0.15) is 10.5 Å². The van der Waals surface area contributed by atoms with Crippen LogP contribution in [-0.2, 0) is 0 Å². The minimum absolute atomic E-state index is 0.290. The minimum atomic E-state index is -0.290. The molecule has 0 atom stereocenters.